The number of non-ortho nitro benzene ring substituents is 1. The fourth-order valence-corrected chi connectivity index (χ4v) is 3.31. The predicted molar refractivity (Wildman–Crippen MR) is 74.6 cm³/mol. The van der Waals surface area contributed by atoms with E-state index in [1.165, 1.54) is 12.1 Å². The van der Waals surface area contributed by atoms with Crippen molar-refractivity contribution in [3.05, 3.63) is 28.3 Å². The van der Waals surface area contributed by atoms with Crippen LogP contribution in [0.3, 0.4) is 0 Å². The summed E-state index contributed by atoms with van der Waals surface area (Å²) in [5.74, 6) is 0.289. The number of sulfonamides is 1. The molecule has 1 aliphatic carbocycles. The minimum Gasteiger partial charge on any atom is -0.398 e. The van der Waals surface area contributed by atoms with E-state index in [-0.39, 0.29) is 27.6 Å². The second kappa shape index (κ2) is 4.71. The van der Waals surface area contributed by atoms with Gasteiger partial charge < -0.3 is 5.73 Å². The standard InChI is InChI=1S/C12H17N3O4S/c1-12(2)6-8(12)7-14-20(18,19)11-5-9(15(16)17)3-4-10(11)13/h3-5,8,14H,6-7,13H2,1-2H3. The number of nitrogens with zero attached hydrogens (tertiary/aromatic N) is 1. The number of hydrogen-bond acceptors (Lipinski definition) is 5. The van der Waals surface area contributed by atoms with E-state index in [0.717, 1.165) is 12.5 Å². The van der Waals surface area contributed by atoms with Crippen molar-refractivity contribution in [2.45, 2.75) is 25.2 Å². The smallest absolute Gasteiger partial charge is 0.270 e. The van der Waals surface area contributed by atoms with Gasteiger partial charge in [-0.05, 0) is 23.8 Å². The number of nitro benzene ring substituents is 1. The highest BCUT2D eigenvalue weighted by Crippen LogP contribution is 2.51. The van der Waals surface area contributed by atoms with Crippen molar-refractivity contribution in [1.82, 2.24) is 4.72 Å². The Morgan fingerprint density at radius 2 is 2.10 bits per heavy atom. The summed E-state index contributed by atoms with van der Waals surface area (Å²) in [5.41, 5.74) is 5.46. The van der Waals surface area contributed by atoms with Crippen molar-refractivity contribution in [3.8, 4) is 0 Å². The molecule has 0 saturated heterocycles. The molecule has 0 amide bonds. The lowest BCUT2D eigenvalue weighted by atomic mass is 10.1. The van der Waals surface area contributed by atoms with Gasteiger partial charge in [0.2, 0.25) is 10.0 Å². The molecule has 1 aliphatic rings. The Kier molecular flexibility index (Phi) is 3.47. The predicted octanol–water partition coefficient (Wildman–Crippen LogP) is 1.50. The number of rotatable bonds is 5. The maximum absolute atomic E-state index is 12.2. The van der Waals surface area contributed by atoms with Crippen molar-refractivity contribution in [2.75, 3.05) is 12.3 Å². The molecule has 1 aromatic carbocycles. The summed E-state index contributed by atoms with van der Waals surface area (Å²) in [6, 6.07) is 3.39. The zero-order valence-electron chi connectivity index (χ0n) is 11.3. The summed E-state index contributed by atoms with van der Waals surface area (Å²) in [6.45, 7) is 4.44. The number of nitrogens with one attached hydrogen (secondary N) is 1. The minimum absolute atomic E-state index is 0.00171. The first-order valence-corrected chi connectivity index (χ1v) is 7.65. The van der Waals surface area contributed by atoms with Crippen LogP contribution in [-0.2, 0) is 10.0 Å². The van der Waals surface area contributed by atoms with Crippen molar-refractivity contribution >= 4 is 21.4 Å². The van der Waals surface area contributed by atoms with Crippen LogP contribution in [0.1, 0.15) is 20.3 Å². The normalized spacial score (nSPS) is 20.6. The molecule has 20 heavy (non-hydrogen) atoms. The highest BCUT2D eigenvalue weighted by Gasteiger charge is 2.45. The van der Waals surface area contributed by atoms with E-state index >= 15 is 0 Å². The van der Waals surface area contributed by atoms with Gasteiger partial charge in [0.1, 0.15) is 4.90 Å². The largest absolute Gasteiger partial charge is 0.398 e. The number of nitro groups is 1. The van der Waals surface area contributed by atoms with Crippen LogP contribution in [-0.4, -0.2) is 19.9 Å². The van der Waals surface area contributed by atoms with Gasteiger partial charge in [0, 0.05) is 18.7 Å². The SMILES string of the molecule is CC1(C)CC1CNS(=O)(=O)c1cc([N+](=O)[O-])ccc1N. The third-order valence-corrected chi connectivity index (χ3v) is 5.21. The summed E-state index contributed by atoms with van der Waals surface area (Å²) >= 11 is 0. The van der Waals surface area contributed by atoms with Crippen molar-refractivity contribution in [1.29, 1.82) is 0 Å². The van der Waals surface area contributed by atoms with Gasteiger partial charge in [-0.1, -0.05) is 13.8 Å². The molecular formula is C12H17N3O4S. The summed E-state index contributed by atoms with van der Waals surface area (Å²) < 4.78 is 26.8. The van der Waals surface area contributed by atoms with Crippen LogP contribution >= 0.6 is 0 Å². The molecule has 110 valence electrons. The van der Waals surface area contributed by atoms with Crippen LogP contribution in [0.5, 0.6) is 0 Å². The molecule has 0 aliphatic heterocycles. The quantitative estimate of drug-likeness (QED) is 0.485. The molecule has 0 spiro atoms. The lowest BCUT2D eigenvalue weighted by Crippen LogP contribution is -2.27. The molecule has 2 rings (SSSR count). The van der Waals surface area contributed by atoms with Gasteiger partial charge in [-0.15, -0.1) is 0 Å². The van der Waals surface area contributed by atoms with Crippen LogP contribution in [0.2, 0.25) is 0 Å². The third kappa shape index (κ3) is 2.91. The van der Waals surface area contributed by atoms with E-state index in [4.69, 9.17) is 5.73 Å². The molecule has 1 fully saturated rings. The first-order valence-electron chi connectivity index (χ1n) is 6.17. The van der Waals surface area contributed by atoms with Crippen LogP contribution in [0.15, 0.2) is 23.1 Å². The molecule has 0 heterocycles. The van der Waals surface area contributed by atoms with Gasteiger partial charge in [0.15, 0.2) is 0 Å². The van der Waals surface area contributed by atoms with E-state index in [2.05, 4.69) is 18.6 Å². The van der Waals surface area contributed by atoms with Crippen molar-refractivity contribution in [3.63, 3.8) is 0 Å². The zero-order chi connectivity index (χ0) is 15.1. The van der Waals surface area contributed by atoms with Gasteiger partial charge in [0.25, 0.3) is 5.69 Å². The number of anilines is 1. The Labute approximate surface area is 117 Å². The third-order valence-electron chi connectivity index (χ3n) is 3.73. The lowest BCUT2D eigenvalue weighted by Gasteiger charge is -2.09. The maximum atomic E-state index is 12.2. The van der Waals surface area contributed by atoms with Gasteiger partial charge in [-0.2, -0.15) is 0 Å². The Hall–Kier alpha value is -1.67. The monoisotopic (exact) mass is 299 g/mol. The van der Waals surface area contributed by atoms with Gasteiger partial charge >= 0.3 is 0 Å². The summed E-state index contributed by atoms with van der Waals surface area (Å²) in [6.07, 6.45) is 0.958. The molecule has 1 aromatic rings. The molecule has 1 unspecified atom stereocenters. The van der Waals surface area contributed by atoms with E-state index < -0.39 is 14.9 Å². The zero-order valence-corrected chi connectivity index (χ0v) is 12.1. The first-order chi connectivity index (χ1) is 9.13. The topological polar surface area (TPSA) is 115 Å². The number of hydrogen-bond donors (Lipinski definition) is 2. The van der Waals surface area contributed by atoms with E-state index in [1.54, 1.807) is 0 Å². The van der Waals surface area contributed by atoms with Crippen molar-refractivity contribution in [2.24, 2.45) is 11.3 Å². The highest BCUT2D eigenvalue weighted by molar-refractivity contribution is 7.89. The van der Waals surface area contributed by atoms with Crippen LogP contribution in [0, 0.1) is 21.4 Å². The Morgan fingerprint density at radius 1 is 1.50 bits per heavy atom. The molecule has 0 radical (unpaired) electrons. The van der Waals surface area contributed by atoms with Gasteiger partial charge in [-0.25, -0.2) is 13.1 Å². The molecule has 8 heteroatoms. The molecule has 7 nitrogen and oxygen atoms in total. The van der Waals surface area contributed by atoms with E-state index in [1.807, 2.05) is 0 Å². The molecule has 1 saturated carbocycles. The minimum atomic E-state index is -3.83. The second-order valence-corrected chi connectivity index (χ2v) is 7.46. The average Bonchev–Trinajstić information content (AvgIpc) is 2.95. The lowest BCUT2D eigenvalue weighted by molar-refractivity contribution is -0.385. The van der Waals surface area contributed by atoms with E-state index in [9.17, 15) is 18.5 Å². The van der Waals surface area contributed by atoms with E-state index in [0.29, 0.717) is 6.54 Å². The summed E-state index contributed by atoms with van der Waals surface area (Å²) in [7, 11) is -3.83. The van der Waals surface area contributed by atoms with Crippen LogP contribution in [0.25, 0.3) is 0 Å². The van der Waals surface area contributed by atoms with Crippen LogP contribution < -0.4 is 10.5 Å². The van der Waals surface area contributed by atoms with Crippen LogP contribution in [0.4, 0.5) is 11.4 Å². The molecular weight excluding hydrogens is 282 g/mol. The fraction of sp³-hybridized carbons (Fsp3) is 0.500. The molecule has 0 bridgehead atoms. The van der Waals surface area contributed by atoms with Crippen molar-refractivity contribution < 1.29 is 13.3 Å². The molecule has 0 aromatic heterocycles. The number of nitrogens with two attached hydrogens (primary N) is 1. The number of benzene rings is 1. The fourth-order valence-electron chi connectivity index (χ4n) is 2.08. The van der Waals surface area contributed by atoms with Gasteiger partial charge in [-0.3, -0.25) is 10.1 Å². The Morgan fingerprint density at radius 3 is 2.60 bits per heavy atom. The second-order valence-electron chi connectivity index (χ2n) is 5.72. The Balaban J connectivity index is 2.20. The average molecular weight is 299 g/mol. The van der Waals surface area contributed by atoms with Gasteiger partial charge in [0.05, 0.1) is 10.6 Å². The maximum Gasteiger partial charge on any atom is 0.270 e. The molecule has 3 N–H and O–H groups in total. The Bertz CT molecular complexity index is 655. The number of nitrogen functional groups attached to an aromatic ring is 1. The first kappa shape index (κ1) is 14.7. The summed E-state index contributed by atoms with van der Waals surface area (Å²) in [5, 5.41) is 10.7. The highest BCUT2D eigenvalue weighted by atomic mass is 32.2. The molecule has 1 atom stereocenters. The summed E-state index contributed by atoms with van der Waals surface area (Å²) in [4.78, 5) is 9.81.